The molecule has 0 bridgehead atoms. The third-order valence-corrected chi connectivity index (χ3v) is 3.08. The van der Waals surface area contributed by atoms with Gasteiger partial charge < -0.3 is 14.5 Å². The molecular weight excluding hydrogens is 235 g/mol. The second-order valence-electron chi connectivity index (χ2n) is 4.89. The van der Waals surface area contributed by atoms with E-state index in [1.165, 1.54) is 13.3 Å². The normalized spacial score (nSPS) is 19.6. The van der Waals surface area contributed by atoms with Gasteiger partial charge >= 0.3 is 0 Å². The summed E-state index contributed by atoms with van der Waals surface area (Å²) < 4.78 is 18.1. The number of rotatable bonds is 4. The van der Waals surface area contributed by atoms with E-state index in [1.807, 2.05) is 0 Å². The van der Waals surface area contributed by atoms with Crippen molar-refractivity contribution in [3.8, 4) is 5.88 Å². The Morgan fingerprint density at radius 1 is 1.56 bits per heavy atom. The Kier molecular flexibility index (Phi) is 3.96. The molecule has 1 aliphatic rings. The van der Waals surface area contributed by atoms with Crippen LogP contribution in [0.3, 0.4) is 0 Å². The molecule has 0 saturated carbocycles. The molecule has 1 aromatic heterocycles. The summed E-state index contributed by atoms with van der Waals surface area (Å²) in [7, 11) is 5.55. The van der Waals surface area contributed by atoms with E-state index in [9.17, 15) is 4.39 Å². The van der Waals surface area contributed by atoms with Crippen molar-refractivity contribution in [2.24, 2.45) is 5.92 Å². The number of ether oxygens (including phenoxy) is 1. The van der Waals surface area contributed by atoms with Crippen molar-refractivity contribution in [2.75, 3.05) is 45.7 Å². The SMILES string of the molecule is COc1nc(N2CCC(CN(C)C)C2)ncc1F. The van der Waals surface area contributed by atoms with Gasteiger partial charge in [0.25, 0.3) is 5.88 Å². The maximum Gasteiger partial charge on any atom is 0.255 e. The van der Waals surface area contributed by atoms with Crippen molar-refractivity contribution < 1.29 is 9.13 Å². The van der Waals surface area contributed by atoms with Gasteiger partial charge in [0.1, 0.15) is 0 Å². The van der Waals surface area contributed by atoms with Crippen molar-refractivity contribution in [3.63, 3.8) is 0 Å². The van der Waals surface area contributed by atoms with E-state index < -0.39 is 5.82 Å². The molecule has 6 heteroatoms. The first kappa shape index (κ1) is 13.0. The lowest BCUT2D eigenvalue weighted by Gasteiger charge is -2.18. The second-order valence-corrected chi connectivity index (χ2v) is 4.89. The van der Waals surface area contributed by atoms with Gasteiger partial charge in [0, 0.05) is 19.6 Å². The Bertz CT molecular complexity index is 413. The lowest BCUT2D eigenvalue weighted by atomic mass is 10.1. The molecule has 2 heterocycles. The first-order valence-corrected chi connectivity index (χ1v) is 6.06. The molecule has 100 valence electrons. The van der Waals surface area contributed by atoms with Crippen molar-refractivity contribution in [1.29, 1.82) is 0 Å². The van der Waals surface area contributed by atoms with Crippen LogP contribution in [0.4, 0.5) is 10.3 Å². The Morgan fingerprint density at radius 3 is 3.00 bits per heavy atom. The van der Waals surface area contributed by atoms with Crippen molar-refractivity contribution >= 4 is 5.95 Å². The maximum absolute atomic E-state index is 13.2. The van der Waals surface area contributed by atoms with Gasteiger partial charge in [0.2, 0.25) is 11.8 Å². The summed E-state index contributed by atoms with van der Waals surface area (Å²) >= 11 is 0. The molecule has 18 heavy (non-hydrogen) atoms. The zero-order valence-electron chi connectivity index (χ0n) is 11.1. The average Bonchev–Trinajstić information content (AvgIpc) is 2.77. The van der Waals surface area contributed by atoms with E-state index in [1.54, 1.807) is 0 Å². The number of aromatic nitrogens is 2. The van der Waals surface area contributed by atoms with E-state index in [0.717, 1.165) is 26.1 Å². The van der Waals surface area contributed by atoms with Gasteiger partial charge in [-0.05, 0) is 26.4 Å². The molecule has 2 rings (SSSR count). The predicted octanol–water partition coefficient (Wildman–Crippen LogP) is 1.01. The lowest BCUT2D eigenvalue weighted by molar-refractivity contribution is 0.340. The maximum atomic E-state index is 13.2. The monoisotopic (exact) mass is 254 g/mol. The van der Waals surface area contributed by atoms with E-state index in [-0.39, 0.29) is 5.88 Å². The summed E-state index contributed by atoms with van der Waals surface area (Å²) in [6.45, 7) is 2.87. The van der Waals surface area contributed by atoms with E-state index in [2.05, 4.69) is 33.9 Å². The summed E-state index contributed by atoms with van der Waals surface area (Å²) in [6.07, 6.45) is 2.28. The minimum atomic E-state index is -0.523. The van der Waals surface area contributed by atoms with Crippen LogP contribution in [0.2, 0.25) is 0 Å². The minimum Gasteiger partial charge on any atom is -0.479 e. The van der Waals surface area contributed by atoms with Crippen LogP contribution in [0, 0.1) is 11.7 Å². The van der Waals surface area contributed by atoms with Gasteiger partial charge in [0.05, 0.1) is 13.3 Å². The third-order valence-electron chi connectivity index (χ3n) is 3.08. The third kappa shape index (κ3) is 2.87. The highest BCUT2D eigenvalue weighted by atomic mass is 19.1. The van der Waals surface area contributed by atoms with Gasteiger partial charge in [0.15, 0.2) is 0 Å². The van der Waals surface area contributed by atoms with Crippen LogP contribution in [0.1, 0.15) is 6.42 Å². The van der Waals surface area contributed by atoms with Crippen LogP contribution in [-0.4, -0.2) is 55.7 Å². The molecule has 1 aliphatic heterocycles. The zero-order chi connectivity index (χ0) is 13.1. The van der Waals surface area contributed by atoms with Gasteiger partial charge in [-0.15, -0.1) is 0 Å². The minimum absolute atomic E-state index is 0.0102. The highest BCUT2D eigenvalue weighted by molar-refractivity contribution is 5.34. The first-order chi connectivity index (χ1) is 8.60. The summed E-state index contributed by atoms with van der Waals surface area (Å²) in [5.74, 6) is 0.649. The highest BCUT2D eigenvalue weighted by Gasteiger charge is 2.25. The van der Waals surface area contributed by atoms with Gasteiger partial charge in [-0.1, -0.05) is 0 Å². The highest BCUT2D eigenvalue weighted by Crippen LogP contribution is 2.23. The number of hydrogen-bond acceptors (Lipinski definition) is 5. The number of nitrogens with zero attached hydrogens (tertiary/aromatic N) is 4. The average molecular weight is 254 g/mol. The number of methoxy groups -OCH3 is 1. The van der Waals surface area contributed by atoms with Crippen LogP contribution in [0.25, 0.3) is 0 Å². The quantitative estimate of drug-likeness (QED) is 0.802. The fraction of sp³-hybridized carbons (Fsp3) is 0.667. The standard InChI is InChI=1S/C12H19FN4O/c1-16(2)7-9-4-5-17(8-9)12-14-6-10(13)11(15-12)18-3/h6,9H,4-5,7-8H2,1-3H3. The predicted molar refractivity (Wildman–Crippen MR) is 67.4 cm³/mol. The fourth-order valence-electron chi connectivity index (χ4n) is 2.32. The Labute approximate surface area is 107 Å². The van der Waals surface area contributed by atoms with Crippen LogP contribution in [-0.2, 0) is 0 Å². The summed E-state index contributed by atoms with van der Waals surface area (Å²) in [5, 5.41) is 0. The lowest BCUT2D eigenvalue weighted by Crippen LogP contribution is -2.26. The molecule has 1 unspecified atom stereocenters. The van der Waals surface area contributed by atoms with Crippen molar-refractivity contribution in [2.45, 2.75) is 6.42 Å². The topological polar surface area (TPSA) is 41.5 Å². The molecule has 0 aliphatic carbocycles. The van der Waals surface area contributed by atoms with Crippen LogP contribution in [0.5, 0.6) is 5.88 Å². The van der Waals surface area contributed by atoms with Gasteiger partial charge in [-0.25, -0.2) is 4.98 Å². The second kappa shape index (κ2) is 5.48. The molecule has 5 nitrogen and oxygen atoms in total. The van der Waals surface area contributed by atoms with E-state index >= 15 is 0 Å². The molecule has 0 aromatic carbocycles. The number of hydrogen-bond donors (Lipinski definition) is 0. The Morgan fingerprint density at radius 2 is 2.33 bits per heavy atom. The summed E-state index contributed by atoms with van der Waals surface area (Å²) in [5.41, 5.74) is 0. The molecular formula is C12H19FN4O. The summed E-state index contributed by atoms with van der Waals surface area (Å²) in [6, 6.07) is 0. The molecule has 0 amide bonds. The number of halogens is 1. The largest absolute Gasteiger partial charge is 0.479 e. The molecule has 1 atom stereocenters. The molecule has 0 radical (unpaired) electrons. The van der Waals surface area contributed by atoms with Crippen LogP contribution < -0.4 is 9.64 Å². The smallest absolute Gasteiger partial charge is 0.255 e. The van der Waals surface area contributed by atoms with Crippen LogP contribution in [0.15, 0.2) is 6.20 Å². The van der Waals surface area contributed by atoms with Gasteiger partial charge in [-0.2, -0.15) is 9.37 Å². The van der Waals surface area contributed by atoms with E-state index in [0.29, 0.717) is 11.9 Å². The molecule has 0 N–H and O–H groups in total. The van der Waals surface area contributed by atoms with Crippen molar-refractivity contribution in [1.82, 2.24) is 14.9 Å². The fourth-order valence-corrected chi connectivity index (χ4v) is 2.32. The Hall–Kier alpha value is -1.43. The molecule has 1 fully saturated rings. The Balaban J connectivity index is 2.05. The van der Waals surface area contributed by atoms with E-state index in [4.69, 9.17) is 4.74 Å². The molecule has 0 spiro atoms. The first-order valence-electron chi connectivity index (χ1n) is 6.06. The summed E-state index contributed by atoms with van der Waals surface area (Å²) in [4.78, 5) is 12.4. The molecule has 1 saturated heterocycles. The van der Waals surface area contributed by atoms with Crippen molar-refractivity contribution in [3.05, 3.63) is 12.0 Å². The van der Waals surface area contributed by atoms with Gasteiger partial charge in [-0.3, -0.25) is 0 Å². The number of anilines is 1. The molecule has 1 aromatic rings. The zero-order valence-corrected chi connectivity index (χ0v) is 11.1. The van der Waals surface area contributed by atoms with Crippen LogP contribution >= 0.6 is 0 Å².